The molecule has 90 valence electrons. The molecular weight excluding hydrogens is 200 g/mol. The van der Waals surface area contributed by atoms with Gasteiger partial charge in [-0.3, -0.25) is 0 Å². The second-order valence-corrected chi connectivity index (χ2v) is 4.21. The molecule has 0 saturated heterocycles. The second kappa shape index (κ2) is 7.39. The van der Waals surface area contributed by atoms with Gasteiger partial charge < -0.3 is 15.8 Å². The van der Waals surface area contributed by atoms with E-state index in [2.05, 4.69) is 31.3 Å². The zero-order valence-corrected chi connectivity index (χ0v) is 10.1. The third-order valence-electron chi connectivity index (χ3n) is 2.40. The lowest BCUT2D eigenvalue weighted by atomic mass is 10.2. The van der Waals surface area contributed by atoms with E-state index in [1.54, 1.807) is 0 Å². The van der Waals surface area contributed by atoms with E-state index in [-0.39, 0.29) is 0 Å². The summed E-state index contributed by atoms with van der Waals surface area (Å²) in [5.74, 6) is 0. The van der Waals surface area contributed by atoms with Crippen molar-refractivity contribution in [2.24, 2.45) is 5.73 Å². The number of nitrogens with one attached hydrogen (secondary N) is 1. The zero-order valence-electron chi connectivity index (χ0n) is 10.1. The van der Waals surface area contributed by atoms with Gasteiger partial charge in [0.15, 0.2) is 0 Å². The lowest BCUT2D eigenvalue weighted by Crippen LogP contribution is -2.41. The Labute approximate surface area is 98.0 Å². The Hall–Kier alpha value is -0.900. The van der Waals surface area contributed by atoms with Gasteiger partial charge in [-0.1, -0.05) is 30.3 Å². The molecule has 2 atom stereocenters. The van der Waals surface area contributed by atoms with Gasteiger partial charge in [-0.05, 0) is 19.4 Å². The van der Waals surface area contributed by atoms with Gasteiger partial charge in [0.25, 0.3) is 0 Å². The van der Waals surface area contributed by atoms with Crippen LogP contribution in [0.3, 0.4) is 0 Å². The third kappa shape index (κ3) is 5.26. The number of hydrogen-bond acceptors (Lipinski definition) is 3. The largest absolute Gasteiger partial charge is 0.375 e. The number of nitrogens with two attached hydrogens (primary N) is 1. The molecule has 0 radical (unpaired) electrons. The van der Waals surface area contributed by atoms with E-state index in [1.165, 1.54) is 5.56 Å². The summed E-state index contributed by atoms with van der Waals surface area (Å²) in [6.07, 6.45) is 0. The van der Waals surface area contributed by atoms with Crippen molar-refractivity contribution in [2.75, 3.05) is 13.2 Å². The molecule has 0 aliphatic rings. The number of ether oxygens (including phenoxy) is 1. The van der Waals surface area contributed by atoms with Crippen molar-refractivity contribution < 1.29 is 4.74 Å². The number of benzene rings is 1. The minimum atomic E-state index is 0.335. The fraction of sp³-hybridized carbons (Fsp3) is 0.538. The first kappa shape index (κ1) is 13.2. The summed E-state index contributed by atoms with van der Waals surface area (Å²) >= 11 is 0. The van der Waals surface area contributed by atoms with Crippen LogP contribution in [0.5, 0.6) is 0 Å². The molecule has 0 heterocycles. The highest BCUT2D eigenvalue weighted by Gasteiger charge is 2.05. The van der Waals surface area contributed by atoms with Crippen molar-refractivity contribution in [3.63, 3.8) is 0 Å². The van der Waals surface area contributed by atoms with Gasteiger partial charge in [0.05, 0.1) is 13.2 Å². The number of rotatable bonds is 7. The Morgan fingerprint density at radius 3 is 2.50 bits per heavy atom. The van der Waals surface area contributed by atoms with Crippen LogP contribution in [0.1, 0.15) is 19.4 Å². The smallest absolute Gasteiger partial charge is 0.0717 e. The van der Waals surface area contributed by atoms with Gasteiger partial charge in [-0.25, -0.2) is 0 Å². The Morgan fingerprint density at radius 1 is 1.19 bits per heavy atom. The first-order chi connectivity index (χ1) is 7.72. The fourth-order valence-electron chi connectivity index (χ4n) is 1.53. The molecule has 16 heavy (non-hydrogen) atoms. The van der Waals surface area contributed by atoms with E-state index in [9.17, 15) is 0 Å². The van der Waals surface area contributed by atoms with E-state index in [1.807, 2.05) is 18.2 Å². The molecule has 2 unspecified atom stereocenters. The van der Waals surface area contributed by atoms with Crippen molar-refractivity contribution in [3.05, 3.63) is 35.9 Å². The van der Waals surface area contributed by atoms with Crippen molar-refractivity contribution in [1.29, 1.82) is 0 Å². The molecule has 1 rings (SSSR count). The predicted octanol–water partition coefficient (Wildman–Crippen LogP) is 1.53. The van der Waals surface area contributed by atoms with E-state index in [0.29, 0.717) is 31.8 Å². The standard InChI is InChI=1S/C13H22N2O/c1-11(8-14)15-12(2)9-16-10-13-6-4-3-5-7-13/h3-7,11-12,15H,8-10,14H2,1-2H3. The van der Waals surface area contributed by atoms with Crippen LogP contribution in [0.15, 0.2) is 30.3 Å². The lowest BCUT2D eigenvalue weighted by molar-refractivity contribution is 0.100. The molecule has 0 spiro atoms. The van der Waals surface area contributed by atoms with Gasteiger partial charge in [0.1, 0.15) is 0 Å². The lowest BCUT2D eigenvalue weighted by Gasteiger charge is -2.18. The van der Waals surface area contributed by atoms with Crippen LogP contribution in [0.2, 0.25) is 0 Å². The summed E-state index contributed by atoms with van der Waals surface area (Å²) in [7, 11) is 0. The number of hydrogen-bond donors (Lipinski definition) is 2. The predicted molar refractivity (Wildman–Crippen MR) is 67.2 cm³/mol. The second-order valence-electron chi connectivity index (χ2n) is 4.21. The highest BCUT2D eigenvalue weighted by Crippen LogP contribution is 2.00. The summed E-state index contributed by atoms with van der Waals surface area (Å²) in [4.78, 5) is 0. The van der Waals surface area contributed by atoms with E-state index in [0.717, 1.165) is 0 Å². The van der Waals surface area contributed by atoms with Crippen molar-refractivity contribution in [2.45, 2.75) is 32.5 Å². The molecule has 3 nitrogen and oxygen atoms in total. The summed E-state index contributed by atoms with van der Waals surface area (Å²) in [6, 6.07) is 10.9. The fourth-order valence-corrected chi connectivity index (χ4v) is 1.53. The molecular formula is C13H22N2O. The SMILES string of the molecule is CC(CN)NC(C)COCc1ccccc1. The molecule has 0 bridgehead atoms. The molecule has 3 heteroatoms. The van der Waals surface area contributed by atoms with Gasteiger partial charge in [-0.2, -0.15) is 0 Å². The monoisotopic (exact) mass is 222 g/mol. The Kier molecular flexibility index (Phi) is 6.08. The van der Waals surface area contributed by atoms with Crippen LogP contribution in [0.25, 0.3) is 0 Å². The van der Waals surface area contributed by atoms with Crippen LogP contribution in [-0.4, -0.2) is 25.2 Å². The van der Waals surface area contributed by atoms with Crippen molar-refractivity contribution in [1.82, 2.24) is 5.32 Å². The average molecular weight is 222 g/mol. The molecule has 0 aliphatic heterocycles. The van der Waals surface area contributed by atoms with Crippen LogP contribution in [-0.2, 0) is 11.3 Å². The minimum absolute atomic E-state index is 0.335. The van der Waals surface area contributed by atoms with Crippen LogP contribution < -0.4 is 11.1 Å². The summed E-state index contributed by atoms with van der Waals surface area (Å²) in [5.41, 5.74) is 6.75. The molecule has 1 aromatic carbocycles. The molecule has 0 aromatic heterocycles. The average Bonchev–Trinajstić information content (AvgIpc) is 2.30. The first-order valence-corrected chi connectivity index (χ1v) is 5.80. The Bertz CT molecular complexity index is 277. The topological polar surface area (TPSA) is 47.3 Å². The van der Waals surface area contributed by atoms with E-state index in [4.69, 9.17) is 10.5 Å². The van der Waals surface area contributed by atoms with Gasteiger partial charge in [0.2, 0.25) is 0 Å². The zero-order chi connectivity index (χ0) is 11.8. The van der Waals surface area contributed by atoms with Gasteiger partial charge >= 0.3 is 0 Å². The van der Waals surface area contributed by atoms with E-state index < -0.39 is 0 Å². The summed E-state index contributed by atoms with van der Waals surface area (Å²) in [6.45, 7) is 6.22. The molecule has 0 aliphatic carbocycles. The van der Waals surface area contributed by atoms with Crippen molar-refractivity contribution in [3.8, 4) is 0 Å². The van der Waals surface area contributed by atoms with E-state index >= 15 is 0 Å². The molecule has 0 amide bonds. The molecule has 0 fully saturated rings. The quantitative estimate of drug-likeness (QED) is 0.735. The van der Waals surface area contributed by atoms with Crippen molar-refractivity contribution >= 4 is 0 Å². The molecule has 0 saturated carbocycles. The van der Waals surface area contributed by atoms with Crippen LogP contribution in [0, 0.1) is 0 Å². The molecule has 1 aromatic rings. The first-order valence-electron chi connectivity index (χ1n) is 5.80. The third-order valence-corrected chi connectivity index (χ3v) is 2.40. The molecule has 3 N–H and O–H groups in total. The minimum Gasteiger partial charge on any atom is -0.375 e. The van der Waals surface area contributed by atoms with Crippen LogP contribution >= 0.6 is 0 Å². The highest BCUT2D eigenvalue weighted by atomic mass is 16.5. The van der Waals surface area contributed by atoms with Gasteiger partial charge in [-0.15, -0.1) is 0 Å². The maximum Gasteiger partial charge on any atom is 0.0717 e. The highest BCUT2D eigenvalue weighted by molar-refractivity contribution is 5.13. The Morgan fingerprint density at radius 2 is 1.88 bits per heavy atom. The Balaban J connectivity index is 2.15. The maximum atomic E-state index is 5.62. The van der Waals surface area contributed by atoms with Gasteiger partial charge in [0, 0.05) is 18.6 Å². The summed E-state index contributed by atoms with van der Waals surface area (Å²) < 4.78 is 5.62. The maximum absolute atomic E-state index is 5.62. The normalized spacial score (nSPS) is 14.7. The summed E-state index contributed by atoms with van der Waals surface area (Å²) in [5, 5.41) is 3.37. The van der Waals surface area contributed by atoms with Crippen LogP contribution in [0.4, 0.5) is 0 Å².